The maximum absolute atomic E-state index is 10.1. The Labute approximate surface area is 374 Å². The van der Waals surface area contributed by atoms with E-state index in [9.17, 15) is 5.26 Å². The fourth-order valence-electron chi connectivity index (χ4n) is 8.05. The standard InChI is InChI=1S/C58H46N4/c1-40-13-28-58(62-39-40)48-24-20-43(21-25-48)15-17-45-33-44(16-14-42-18-22-47(23-19-42)56-11-5-7-29-60-56)34-51(35-45)52-9-3-4-10-53(52)54-27-26-49(57-12-6-8-30-61-57)37-55(54)50-32-41(2)31-46(36-50)38-59/h3-13,18-37,39H,14-17H2,1-2H3/i1D3,2D3,7D. The molecule has 4 heteroatoms. The molecule has 0 spiro atoms. The molecule has 9 aromatic rings. The van der Waals surface area contributed by atoms with Crippen LogP contribution in [-0.2, 0) is 25.7 Å². The van der Waals surface area contributed by atoms with Gasteiger partial charge in [0.2, 0.25) is 0 Å². The van der Waals surface area contributed by atoms with Gasteiger partial charge in [-0.05, 0) is 155 Å². The maximum atomic E-state index is 10.1. The van der Waals surface area contributed by atoms with Crippen LogP contribution in [0.3, 0.4) is 0 Å². The predicted molar refractivity (Wildman–Crippen MR) is 254 cm³/mol. The van der Waals surface area contributed by atoms with Crippen LogP contribution >= 0.6 is 0 Å². The second-order valence-electron chi connectivity index (χ2n) is 15.4. The van der Waals surface area contributed by atoms with Crippen molar-refractivity contribution >= 4 is 0 Å². The van der Waals surface area contributed by atoms with Gasteiger partial charge in [-0.1, -0.05) is 127 Å². The lowest BCUT2D eigenvalue weighted by Gasteiger charge is -2.18. The zero-order valence-corrected chi connectivity index (χ0v) is 34.0. The van der Waals surface area contributed by atoms with Gasteiger partial charge in [-0.3, -0.25) is 15.0 Å². The van der Waals surface area contributed by atoms with Crippen molar-refractivity contribution in [2.24, 2.45) is 0 Å². The first-order valence-electron chi connectivity index (χ1n) is 24.2. The molecule has 0 atom stereocenters. The van der Waals surface area contributed by atoms with Gasteiger partial charge in [-0.25, -0.2) is 0 Å². The van der Waals surface area contributed by atoms with Crippen molar-refractivity contribution in [1.82, 2.24) is 15.0 Å². The molecule has 0 aliphatic carbocycles. The minimum atomic E-state index is -2.42. The highest BCUT2D eigenvalue weighted by Crippen LogP contribution is 2.41. The largest absolute Gasteiger partial charge is 0.256 e. The number of hydrogen-bond acceptors (Lipinski definition) is 4. The molecule has 6 aromatic carbocycles. The summed E-state index contributed by atoms with van der Waals surface area (Å²) in [5.41, 5.74) is 15.7. The highest BCUT2D eigenvalue weighted by Gasteiger charge is 2.17. The monoisotopic (exact) mass is 805 g/mol. The van der Waals surface area contributed by atoms with Crippen molar-refractivity contribution in [3.8, 4) is 73.2 Å². The van der Waals surface area contributed by atoms with E-state index >= 15 is 0 Å². The molecule has 62 heavy (non-hydrogen) atoms. The van der Waals surface area contributed by atoms with Crippen LogP contribution in [0.2, 0.25) is 0 Å². The van der Waals surface area contributed by atoms with Crippen LogP contribution in [0.25, 0.3) is 67.2 Å². The molecular weight excluding hydrogens is 753 g/mol. The molecule has 3 aromatic heterocycles. The third-order valence-electron chi connectivity index (χ3n) is 11.2. The molecule has 0 N–H and O–H groups in total. The minimum absolute atomic E-state index is 0.0986. The lowest BCUT2D eigenvalue weighted by Crippen LogP contribution is -1.98. The highest BCUT2D eigenvalue weighted by molar-refractivity contribution is 5.93. The van der Waals surface area contributed by atoms with Crippen molar-refractivity contribution in [3.05, 3.63) is 233 Å². The van der Waals surface area contributed by atoms with E-state index in [4.69, 9.17) is 9.60 Å². The van der Waals surface area contributed by atoms with Gasteiger partial charge in [-0.15, -0.1) is 0 Å². The van der Waals surface area contributed by atoms with Crippen LogP contribution in [0.5, 0.6) is 0 Å². The van der Waals surface area contributed by atoms with E-state index in [1.807, 2.05) is 60.7 Å². The normalized spacial score (nSPS) is 13.0. The van der Waals surface area contributed by atoms with E-state index in [0.717, 1.165) is 87.1 Å². The van der Waals surface area contributed by atoms with Gasteiger partial charge in [0, 0.05) is 43.5 Å². The van der Waals surface area contributed by atoms with E-state index < -0.39 is 13.7 Å². The number of benzene rings is 6. The van der Waals surface area contributed by atoms with Gasteiger partial charge in [0.05, 0.1) is 30.1 Å². The number of pyridine rings is 3. The molecule has 0 saturated carbocycles. The van der Waals surface area contributed by atoms with Crippen molar-refractivity contribution in [2.45, 2.75) is 39.4 Å². The number of nitrogens with zero attached hydrogens (tertiary/aromatic N) is 4. The number of rotatable bonds is 12. The summed E-state index contributed by atoms with van der Waals surface area (Å²) in [4.78, 5) is 13.5. The molecule has 0 bridgehead atoms. The van der Waals surface area contributed by atoms with Crippen LogP contribution in [0.4, 0.5) is 0 Å². The Kier molecular flexibility index (Phi) is 9.45. The van der Waals surface area contributed by atoms with Crippen molar-refractivity contribution in [2.75, 3.05) is 0 Å². The second kappa shape index (κ2) is 18.3. The van der Waals surface area contributed by atoms with Crippen molar-refractivity contribution in [3.63, 3.8) is 0 Å². The summed E-state index contributed by atoms with van der Waals surface area (Å²) >= 11 is 0. The average molecular weight is 806 g/mol. The van der Waals surface area contributed by atoms with E-state index in [-0.39, 0.29) is 16.7 Å². The molecule has 0 saturated heterocycles. The Bertz CT molecular complexity index is 3290. The van der Waals surface area contributed by atoms with E-state index in [1.54, 1.807) is 42.7 Å². The summed E-state index contributed by atoms with van der Waals surface area (Å²) < 4.78 is 55.7. The molecule has 4 nitrogen and oxygen atoms in total. The van der Waals surface area contributed by atoms with Crippen LogP contribution in [0.15, 0.2) is 194 Å². The topological polar surface area (TPSA) is 62.5 Å². The fraction of sp³-hybridized carbons (Fsp3) is 0.103. The summed E-state index contributed by atoms with van der Waals surface area (Å²) in [6.45, 7) is -4.62. The smallest absolute Gasteiger partial charge is 0.0991 e. The summed E-state index contributed by atoms with van der Waals surface area (Å²) in [6, 6.07) is 58.1. The van der Waals surface area contributed by atoms with Gasteiger partial charge in [0.15, 0.2) is 0 Å². The molecule has 0 radical (unpaired) electrons. The van der Waals surface area contributed by atoms with E-state index in [1.165, 1.54) is 29.0 Å². The lowest BCUT2D eigenvalue weighted by atomic mass is 9.86. The minimum Gasteiger partial charge on any atom is -0.256 e. The molecule has 0 aliphatic heterocycles. The second-order valence-corrected chi connectivity index (χ2v) is 15.4. The van der Waals surface area contributed by atoms with Gasteiger partial charge >= 0.3 is 0 Å². The first-order valence-corrected chi connectivity index (χ1v) is 20.7. The van der Waals surface area contributed by atoms with Gasteiger partial charge in [0.1, 0.15) is 0 Å². The SMILES string of the molecule is [2H]c1ccc(-c2ccc(CCc3cc(CCc4ccc(-c5ccc(C([2H])([2H])[2H])cn5)cc4)cc(-c4ccccc4-c4ccc(-c5ccccn5)cc4-c4cc(C#N)cc(C([2H])([2H])[2H])c4)c3)cc2)nc1. The Morgan fingerprint density at radius 2 is 1.03 bits per heavy atom. The average Bonchev–Trinajstić information content (AvgIpc) is 3.37. The molecule has 298 valence electrons. The Morgan fingerprint density at radius 3 is 1.66 bits per heavy atom. The van der Waals surface area contributed by atoms with E-state index in [2.05, 4.69) is 93.8 Å². The summed E-state index contributed by atoms with van der Waals surface area (Å²) in [5, 5.41) is 10.1. The number of nitriles is 1. The van der Waals surface area contributed by atoms with E-state index in [0.29, 0.717) is 17.3 Å². The molecule has 9 rings (SSSR count). The first kappa shape index (κ1) is 32.1. The van der Waals surface area contributed by atoms with Gasteiger partial charge in [-0.2, -0.15) is 5.26 Å². The zero-order valence-electron chi connectivity index (χ0n) is 41.0. The van der Waals surface area contributed by atoms with Crippen LogP contribution in [0.1, 0.15) is 48.5 Å². The van der Waals surface area contributed by atoms with Crippen molar-refractivity contribution in [1.29, 1.82) is 5.26 Å². The summed E-state index contributed by atoms with van der Waals surface area (Å²) in [7, 11) is 0. The first-order chi connectivity index (χ1) is 33.3. The maximum Gasteiger partial charge on any atom is 0.0991 e. The Morgan fingerprint density at radius 1 is 0.435 bits per heavy atom. The highest BCUT2D eigenvalue weighted by atomic mass is 14.7. The molecular formula is C58H46N4. The number of aryl methyl sites for hydroxylation is 6. The Balaban J connectivity index is 1.09. The van der Waals surface area contributed by atoms with Crippen molar-refractivity contribution < 1.29 is 9.60 Å². The molecule has 0 amide bonds. The molecule has 0 aliphatic rings. The van der Waals surface area contributed by atoms with Gasteiger partial charge in [0.25, 0.3) is 0 Å². The number of hydrogen-bond donors (Lipinski definition) is 0. The van der Waals surface area contributed by atoms with Crippen LogP contribution in [-0.4, -0.2) is 15.0 Å². The molecule has 0 unspecified atom stereocenters. The fourth-order valence-corrected chi connectivity index (χ4v) is 8.05. The quantitative estimate of drug-likeness (QED) is 0.123. The number of aromatic nitrogens is 3. The predicted octanol–water partition coefficient (Wildman–Crippen LogP) is 13.9. The lowest BCUT2D eigenvalue weighted by molar-refractivity contribution is 0.931. The van der Waals surface area contributed by atoms with Gasteiger partial charge < -0.3 is 0 Å². The van der Waals surface area contributed by atoms with Crippen LogP contribution in [0, 0.1) is 25.0 Å². The third kappa shape index (κ3) is 9.19. The Hall–Kier alpha value is -7.74. The summed E-state index contributed by atoms with van der Waals surface area (Å²) in [6.07, 6.45) is 7.89. The molecule has 3 heterocycles. The summed E-state index contributed by atoms with van der Waals surface area (Å²) in [5.74, 6) is 0. The molecule has 0 fully saturated rings. The third-order valence-corrected chi connectivity index (χ3v) is 11.2. The van der Waals surface area contributed by atoms with Crippen LogP contribution < -0.4 is 0 Å². The zero-order chi connectivity index (χ0) is 48.1.